The number of amides is 1. The highest BCUT2D eigenvalue weighted by molar-refractivity contribution is 5.75. The minimum absolute atomic E-state index is 0.143. The minimum Gasteiger partial charge on any atom is -0.345 e. The standard InChI is InChI=1S/C9H12F3N3O/c10-9(11,12)6-14-8(16)5-15-2-1-7(3-13)4-15/h1-2,4H,3,5-6,13H2,(H,14,16). The van der Waals surface area contributed by atoms with Crippen LogP contribution in [0.2, 0.25) is 0 Å². The highest BCUT2D eigenvalue weighted by atomic mass is 19.4. The SMILES string of the molecule is NCc1ccn(CC(=O)NCC(F)(F)F)c1. The summed E-state index contributed by atoms with van der Waals surface area (Å²) in [4.78, 5) is 11.1. The molecular formula is C9H12F3N3O. The Morgan fingerprint density at radius 1 is 1.50 bits per heavy atom. The first-order chi connectivity index (χ1) is 7.40. The molecule has 0 saturated carbocycles. The largest absolute Gasteiger partial charge is 0.405 e. The molecule has 0 bridgehead atoms. The van der Waals surface area contributed by atoms with Crippen molar-refractivity contribution in [3.05, 3.63) is 24.0 Å². The van der Waals surface area contributed by atoms with Crippen molar-refractivity contribution in [3.63, 3.8) is 0 Å². The van der Waals surface area contributed by atoms with Crippen molar-refractivity contribution in [2.24, 2.45) is 5.73 Å². The number of nitrogens with one attached hydrogen (secondary N) is 1. The first kappa shape index (κ1) is 12.6. The Balaban J connectivity index is 2.40. The van der Waals surface area contributed by atoms with E-state index in [0.29, 0.717) is 6.54 Å². The van der Waals surface area contributed by atoms with Crippen LogP contribution in [0.3, 0.4) is 0 Å². The molecule has 0 aliphatic carbocycles. The van der Waals surface area contributed by atoms with Crippen LogP contribution in [0.5, 0.6) is 0 Å². The molecule has 7 heteroatoms. The Bertz CT molecular complexity index is 359. The molecule has 0 aliphatic heterocycles. The molecule has 0 atom stereocenters. The fraction of sp³-hybridized carbons (Fsp3) is 0.444. The van der Waals surface area contributed by atoms with Crippen molar-refractivity contribution in [1.29, 1.82) is 0 Å². The van der Waals surface area contributed by atoms with Crippen LogP contribution in [-0.2, 0) is 17.9 Å². The molecule has 0 unspecified atom stereocenters. The lowest BCUT2D eigenvalue weighted by atomic mass is 10.3. The van der Waals surface area contributed by atoms with Crippen molar-refractivity contribution in [2.45, 2.75) is 19.3 Å². The van der Waals surface area contributed by atoms with Gasteiger partial charge in [-0.3, -0.25) is 4.79 Å². The fourth-order valence-corrected chi connectivity index (χ4v) is 1.13. The summed E-state index contributed by atoms with van der Waals surface area (Å²) < 4.78 is 36.8. The number of nitrogens with two attached hydrogens (primary N) is 1. The zero-order valence-corrected chi connectivity index (χ0v) is 8.42. The molecule has 90 valence electrons. The van der Waals surface area contributed by atoms with Gasteiger partial charge < -0.3 is 15.6 Å². The van der Waals surface area contributed by atoms with Gasteiger partial charge in [-0.2, -0.15) is 13.2 Å². The van der Waals surface area contributed by atoms with Crippen molar-refractivity contribution < 1.29 is 18.0 Å². The Hall–Kier alpha value is -1.50. The predicted octanol–water partition coefficient (Wildman–Crippen LogP) is 0.625. The van der Waals surface area contributed by atoms with E-state index < -0.39 is 18.6 Å². The number of carbonyl (C=O) groups excluding carboxylic acids is 1. The quantitative estimate of drug-likeness (QED) is 0.804. The maximum atomic E-state index is 11.8. The predicted molar refractivity (Wildman–Crippen MR) is 51.4 cm³/mol. The summed E-state index contributed by atoms with van der Waals surface area (Å²) in [6.45, 7) is -1.12. The van der Waals surface area contributed by atoms with Crippen LogP contribution in [0.1, 0.15) is 5.56 Å². The van der Waals surface area contributed by atoms with Gasteiger partial charge >= 0.3 is 6.18 Å². The number of aromatic nitrogens is 1. The third-order valence-electron chi connectivity index (χ3n) is 1.86. The van der Waals surface area contributed by atoms with Crippen LogP contribution in [0, 0.1) is 0 Å². The van der Waals surface area contributed by atoms with E-state index in [1.165, 1.54) is 4.57 Å². The minimum atomic E-state index is -4.38. The van der Waals surface area contributed by atoms with Gasteiger partial charge in [-0.1, -0.05) is 0 Å². The molecule has 0 aliphatic rings. The number of hydrogen-bond donors (Lipinski definition) is 2. The zero-order chi connectivity index (χ0) is 12.2. The van der Waals surface area contributed by atoms with Crippen LogP contribution in [-0.4, -0.2) is 23.2 Å². The molecule has 0 aromatic carbocycles. The third-order valence-corrected chi connectivity index (χ3v) is 1.86. The average Bonchev–Trinajstić information content (AvgIpc) is 2.61. The molecular weight excluding hydrogens is 223 g/mol. The number of rotatable bonds is 4. The number of hydrogen-bond acceptors (Lipinski definition) is 2. The van der Waals surface area contributed by atoms with Crippen LogP contribution < -0.4 is 11.1 Å². The van der Waals surface area contributed by atoms with Crippen molar-refractivity contribution in [1.82, 2.24) is 9.88 Å². The van der Waals surface area contributed by atoms with Crippen LogP contribution in [0.25, 0.3) is 0 Å². The van der Waals surface area contributed by atoms with Gasteiger partial charge in [-0.15, -0.1) is 0 Å². The first-order valence-electron chi connectivity index (χ1n) is 4.59. The van der Waals surface area contributed by atoms with Gasteiger partial charge in [0.15, 0.2) is 0 Å². The molecule has 0 fully saturated rings. The summed E-state index contributed by atoms with van der Waals surface area (Å²) in [5.74, 6) is -0.684. The normalized spacial score (nSPS) is 11.5. The highest BCUT2D eigenvalue weighted by Crippen LogP contribution is 2.12. The van der Waals surface area contributed by atoms with Crippen molar-refractivity contribution in [3.8, 4) is 0 Å². The second-order valence-electron chi connectivity index (χ2n) is 3.29. The zero-order valence-electron chi connectivity index (χ0n) is 8.42. The summed E-state index contributed by atoms with van der Waals surface area (Å²) in [7, 11) is 0. The van der Waals surface area contributed by atoms with Gasteiger partial charge in [-0.05, 0) is 11.6 Å². The van der Waals surface area contributed by atoms with E-state index >= 15 is 0 Å². The van der Waals surface area contributed by atoms with Gasteiger partial charge in [-0.25, -0.2) is 0 Å². The van der Waals surface area contributed by atoms with Crippen molar-refractivity contribution >= 4 is 5.91 Å². The van der Waals surface area contributed by atoms with E-state index in [0.717, 1.165) is 5.56 Å². The van der Waals surface area contributed by atoms with Crippen LogP contribution >= 0.6 is 0 Å². The maximum Gasteiger partial charge on any atom is 0.405 e. The molecule has 3 N–H and O–H groups in total. The van der Waals surface area contributed by atoms with E-state index in [1.54, 1.807) is 23.8 Å². The molecule has 0 saturated heterocycles. The molecule has 0 radical (unpaired) electrons. The van der Waals surface area contributed by atoms with Gasteiger partial charge in [0, 0.05) is 18.9 Å². The summed E-state index contributed by atoms with van der Waals surface area (Å²) in [6.07, 6.45) is -1.17. The lowest BCUT2D eigenvalue weighted by molar-refractivity contribution is -0.138. The maximum absolute atomic E-state index is 11.8. The Kier molecular flexibility index (Phi) is 3.94. The molecule has 1 aromatic heterocycles. The van der Waals surface area contributed by atoms with E-state index in [2.05, 4.69) is 0 Å². The van der Waals surface area contributed by atoms with Crippen molar-refractivity contribution in [2.75, 3.05) is 6.54 Å². The van der Waals surface area contributed by atoms with E-state index in [9.17, 15) is 18.0 Å². The Labute approximate surface area is 90.2 Å². The lowest BCUT2D eigenvalue weighted by Crippen LogP contribution is -2.35. The molecule has 1 heterocycles. The molecule has 16 heavy (non-hydrogen) atoms. The van der Waals surface area contributed by atoms with E-state index in [1.807, 2.05) is 0 Å². The van der Waals surface area contributed by atoms with Crippen LogP contribution in [0.4, 0.5) is 13.2 Å². The molecule has 1 rings (SSSR count). The Morgan fingerprint density at radius 3 is 2.69 bits per heavy atom. The number of alkyl halides is 3. The topological polar surface area (TPSA) is 60.0 Å². The van der Waals surface area contributed by atoms with E-state index in [-0.39, 0.29) is 6.54 Å². The van der Waals surface area contributed by atoms with Gasteiger partial charge in [0.25, 0.3) is 0 Å². The summed E-state index contributed by atoms with van der Waals surface area (Å²) >= 11 is 0. The van der Waals surface area contributed by atoms with Crippen LogP contribution in [0.15, 0.2) is 18.5 Å². The first-order valence-corrected chi connectivity index (χ1v) is 4.59. The molecule has 0 spiro atoms. The molecule has 1 aromatic rings. The summed E-state index contributed by atoms with van der Waals surface area (Å²) in [5, 5.41) is 1.78. The number of carbonyl (C=O) groups is 1. The number of nitrogens with zero attached hydrogens (tertiary/aromatic N) is 1. The molecule has 4 nitrogen and oxygen atoms in total. The monoisotopic (exact) mass is 235 g/mol. The van der Waals surface area contributed by atoms with Gasteiger partial charge in [0.2, 0.25) is 5.91 Å². The second-order valence-corrected chi connectivity index (χ2v) is 3.29. The molecule has 1 amide bonds. The summed E-state index contributed by atoms with van der Waals surface area (Å²) in [5.41, 5.74) is 6.17. The van der Waals surface area contributed by atoms with E-state index in [4.69, 9.17) is 5.73 Å². The smallest absolute Gasteiger partial charge is 0.345 e. The van der Waals surface area contributed by atoms with Gasteiger partial charge in [0.1, 0.15) is 13.1 Å². The average molecular weight is 235 g/mol. The second kappa shape index (κ2) is 5.02. The lowest BCUT2D eigenvalue weighted by Gasteiger charge is -2.08. The van der Waals surface area contributed by atoms with Gasteiger partial charge in [0.05, 0.1) is 0 Å². The number of halogens is 3. The Morgan fingerprint density at radius 2 is 2.19 bits per heavy atom. The fourth-order valence-electron chi connectivity index (χ4n) is 1.13. The summed E-state index contributed by atoms with van der Waals surface area (Å²) in [6, 6.07) is 1.71. The third kappa shape index (κ3) is 4.35. The highest BCUT2D eigenvalue weighted by Gasteiger charge is 2.27.